The number of fused-ring (bicyclic) bond motifs is 1. The van der Waals surface area contributed by atoms with E-state index in [2.05, 4.69) is 56.7 Å². The molecule has 6 heteroatoms. The molecule has 0 atom stereocenters. The Bertz CT molecular complexity index is 846. The van der Waals surface area contributed by atoms with Crippen molar-refractivity contribution in [2.24, 2.45) is 5.92 Å². The van der Waals surface area contributed by atoms with Gasteiger partial charge in [-0.3, -0.25) is 0 Å². The number of hydrogen-bond donors (Lipinski definition) is 1. The predicted molar refractivity (Wildman–Crippen MR) is 99.9 cm³/mol. The molecule has 1 aliphatic rings. The molecule has 1 N–H and O–H groups in total. The van der Waals surface area contributed by atoms with Gasteiger partial charge in [-0.1, -0.05) is 19.1 Å². The van der Waals surface area contributed by atoms with Crippen LogP contribution in [0.5, 0.6) is 0 Å². The van der Waals surface area contributed by atoms with Gasteiger partial charge in [0.2, 0.25) is 0 Å². The predicted octanol–water partition coefficient (Wildman–Crippen LogP) is 3.28. The first-order valence-corrected chi connectivity index (χ1v) is 8.96. The highest BCUT2D eigenvalue weighted by Crippen LogP contribution is 2.23. The number of nitrogens with one attached hydrogen (secondary N) is 1. The highest BCUT2D eigenvalue weighted by atomic mass is 15.4. The average Bonchev–Trinajstić information content (AvgIpc) is 3.02. The van der Waals surface area contributed by atoms with E-state index in [0.29, 0.717) is 0 Å². The van der Waals surface area contributed by atoms with Crippen molar-refractivity contribution < 1.29 is 0 Å². The fraction of sp³-hybridized carbons (Fsp3) is 0.421. The lowest BCUT2D eigenvalue weighted by molar-refractivity contribution is 0.438. The van der Waals surface area contributed by atoms with Gasteiger partial charge in [0, 0.05) is 25.3 Å². The number of aryl methyl sites for hydroxylation is 1. The molecule has 2 aromatic heterocycles. The van der Waals surface area contributed by atoms with Crippen LogP contribution in [-0.2, 0) is 6.54 Å². The Morgan fingerprint density at radius 1 is 1.04 bits per heavy atom. The monoisotopic (exact) mass is 336 g/mol. The lowest BCUT2D eigenvalue weighted by atomic mass is 9.99. The van der Waals surface area contributed by atoms with E-state index in [1.54, 1.807) is 4.52 Å². The maximum absolute atomic E-state index is 4.52. The van der Waals surface area contributed by atoms with Crippen molar-refractivity contribution in [2.45, 2.75) is 33.2 Å². The second-order valence-corrected chi connectivity index (χ2v) is 6.93. The van der Waals surface area contributed by atoms with Crippen molar-refractivity contribution in [1.82, 2.24) is 19.8 Å². The van der Waals surface area contributed by atoms with Crippen LogP contribution in [-0.4, -0.2) is 32.9 Å². The Morgan fingerprint density at radius 3 is 2.56 bits per heavy atom. The number of aromatic nitrogens is 4. The maximum Gasteiger partial charge on any atom is 0.178 e. The minimum absolute atomic E-state index is 0.747. The first kappa shape index (κ1) is 15.9. The molecule has 1 aromatic carbocycles. The van der Waals surface area contributed by atoms with Crippen LogP contribution in [0.25, 0.3) is 5.65 Å². The maximum atomic E-state index is 4.52. The van der Waals surface area contributed by atoms with Gasteiger partial charge in [-0.15, -0.1) is 15.3 Å². The van der Waals surface area contributed by atoms with E-state index >= 15 is 0 Å². The molecule has 3 aromatic rings. The summed E-state index contributed by atoms with van der Waals surface area (Å²) in [5.74, 6) is 2.47. The van der Waals surface area contributed by atoms with Crippen LogP contribution in [0.4, 0.5) is 11.5 Å². The molecule has 0 amide bonds. The zero-order chi connectivity index (χ0) is 17.2. The minimum Gasteiger partial charge on any atom is -0.372 e. The van der Waals surface area contributed by atoms with Crippen LogP contribution in [0.2, 0.25) is 0 Å². The molecule has 1 saturated heterocycles. The molecule has 25 heavy (non-hydrogen) atoms. The van der Waals surface area contributed by atoms with E-state index in [1.807, 2.05) is 19.1 Å². The lowest BCUT2D eigenvalue weighted by Gasteiger charge is -2.32. The van der Waals surface area contributed by atoms with Gasteiger partial charge < -0.3 is 10.2 Å². The van der Waals surface area contributed by atoms with Crippen molar-refractivity contribution in [3.63, 3.8) is 0 Å². The third-order valence-corrected chi connectivity index (χ3v) is 4.98. The summed E-state index contributed by atoms with van der Waals surface area (Å²) in [5, 5.41) is 16.0. The average molecular weight is 336 g/mol. The van der Waals surface area contributed by atoms with Crippen molar-refractivity contribution >= 4 is 17.2 Å². The summed E-state index contributed by atoms with van der Waals surface area (Å²) in [6.45, 7) is 7.33. The topological polar surface area (TPSA) is 58.4 Å². The van der Waals surface area contributed by atoms with Crippen LogP contribution in [0.3, 0.4) is 0 Å². The third-order valence-electron chi connectivity index (χ3n) is 4.98. The third kappa shape index (κ3) is 3.43. The van der Waals surface area contributed by atoms with E-state index < -0.39 is 0 Å². The summed E-state index contributed by atoms with van der Waals surface area (Å²) in [5.41, 5.74) is 3.34. The SMILES string of the molecule is Cc1nnc2ccc(NCc3ccc(N4CCC(C)CC4)cc3)nn12. The Morgan fingerprint density at radius 2 is 1.80 bits per heavy atom. The number of piperidine rings is 1. The fourth-order valence-electron chi connectivity index (χ4n) is 3.27. The van der Waals surface area contributed by atoms with Gasteiger partial charge in [-0.25, -0.2) is 0 Å². The molecule has 0 spiro atoms. The number of rotatable bonds is 4. The van der Waals surface area contributed by atoms with Crippen LogP contribution in [0.1, 0.15) is 31.2 Å². The van der Waals surface area contributed by atoms with E-state index in [0.717, 1.165) is 29.8 Å². The molecule has 6 nitrogen and oxygen atoms in total. The Hall–Kier alpha value is -2.63. The molecule has 4 rings (SSSR count). The van der Waals surface area contributed by atoms with Crippen molar-refractivity contribution in [2.75, 3.05) is 23.3 Å². The summed E-state index contributed by atoms with van der Waals surface area (Å²) in [6, 6.07) is 12.7. The number of hydrogen-bond acceptors (Lipinski definition) is 5. The highest BCUT2D eigenvalue weighted by molar-refractivity contribution is 5.49. The van der Waals surface area contributed by atoms with Crippen LogP contribution in [0.15, 0.2) is 36.4 Å². The molecule has 0 unspecified atom stereocenters. The molecule has 0 radical (unpaired) electrons. The lowest BCUT2D eigenvalue weighted by Crippen LogP contribution is -2.32. The number of benzene rings is 1. The summed E-state index contributed by atoms with van der Waals surface area (Å²) >= 11 is 0. The molecule has 3 heterocycles. The molecule has 130 valence electrons. The van der Waals surface area contributed by atoms with Gasteiger partial charge in [-0.05, 0) is 55.5 Å². The molecule has 1 aliphatic heterocycles. The summed E-state index contributed by atoms with van der Waals surface area (Å²) in [7, 11) is 0. The second kappa shape index (κ2) is 6.70. The van der Waals surface area contributed by atoms with Gasteiger partial charge in [0.1, 0.15) is 5.82 Å². The summed E-state index contributed by atoms with van der Waals surface area (Å²) in [6.07, 6.45) is 2.58. The first-order chi connectivity index (χ1) is 12.2. The van der Waals surface area contributed by atoms with Gasteiger partial charge in [0.05, 0.1) is 0 Å². The number of nitrogens with zero attached hydrogens (tertiary/aromatic N) is 5. The van der Waals surface area contributed by atoms with Gasteiger partial charge in [-0.2, -0.15) is 4.52 Å². The van der Waals surface area contributed by atoms with E-state index in [-0.39, 0.29) is 0 Å². The zero-order valence-electron chi connectivity index (χ0n) is 14.8. The molecule has 0 aliphatic carbocycles. The molecular weight excluding hydrogens is 312 g/mol. The molecule has 1 fully saturated rings. The minimum atomic E-state index is 0.747. The Kier molecular flexibility index (Phi) is 4.26. The first-order valence-electron chi connectivity index (χ1n) is 8.96. The van der Waals surface area contributed by atoms with E-state index in [1.165, 1.54) is 37.2 Å². The Balaban J connectivity index is 1.39. The number of anilines is 2. The van der Waals surface area contributed by atoms with Gasteiger partial charge in [0.15, 0.2) is 11.5 Å². The fourth-order valence-corrected chi connectivity index (χ4v) is 3.27. The smallest absolute Gasteiger partial charge is 0.178 e. The van der Waals surface area contributed by atoms with Crippen LogP contribution in [0, 0.1) is 12.8 Å². The summed E-state index contributed by atoms with van der Waals surface area (Å²) in [4.78, 5) is 2.49. The van der Waals surface area contributed by atoms with Crippen molar-refractivity contribution in [1.29, 1.82) is 0 Å². The molecular formula is C19H24N6. The van der Waals surface area contributed by atoms with E-state index in [4.69, 9.17) is 0 Å². The van der Waals surface area contributed by atoms with Crippen LogP contribution >= 0.6 is 0 Å². The standard InChI is InChI=1S/C19H24N6/c1-14-9-11-24(12-10-14)17-5-3-16(4-6-17)13-20-18-7-8-19-22-21-15(2)25(19)23-18/h3-8,14H,9-13H2,1-2H3,(H,20,23). The van der Waals surface area contributed by atoms with Gasteiger partial charge in [0.25, 0.3) is 0 Å². The highest BCUT2D eigenvalue weighted by Gasteiger charge is 2.15. The Labute approximate surface area is 147 Å². The van der Waals surface area contributed by atoms with Crippen molar-refractivity contribution in [3.8, 4) is 0 Å². The molecule has 0 saturated carbocycles. The second-order valence-electron chi connectivity index (χ2n) is 6.93. The van der Waals surface area contributed by atoms with Crippen LogP contribution < -0.4 is 10.2 Å². The normalized spacial score (nSPS) is 15.7. The van der Waals surface area contributed by atoms with E-state index in [9.17, 15) is 0 Å². The van der Waals surface area contributed by atoms with Crippen molar-refractivity contribution in [3.05, 3.63) is 47.8 Å². The quantitative estimate of drug-likeness (QED) is 0.792. The largest absolute Gasteiger partial charge is 0.372 e. The van der Waals surface area contributed by atoms with Gasteiger partial charge >= 0.3 is 0 Å². The zero-order valence-corrected chi connectivity index (χ0v) is 14.8. The molecule has 0 bridgehead atoms. The summed E-state index contributed by atoms with van der Waals surface area (Å²) < 4.78 is 1.75.